The maximum atomic E-state index is 12.3. The summed E-state index contributed by atoms with van der Waals surface area (Å²) in [5.74, 6) is -1.04. The van der Waals surface area contributed by atoms with Gasteiger partial charge in [0.25, 0.3) is 0 Å². The summed E-state index contributed by atoms with van der Waals surface area (Å²) in [5.41, 5.74) is 0.345. The number of anilines is 1. The van der Waals surface area contributed by atoms with Gasteiger partial charge in [-0.2, -0.15) is 0 Å². The summed E-state index contributed by atoms with van der Waals surface area (Å²) in [6.07, 6.45) is 3.92. The van der Waals surface area contributed by atoms with Crippen LogP contribution in [0.1, 0.15) is 43.0 Å². The molecule has 0 aliphatic heterocycles. The van der Waals surface area contributed by atoms with Crippen LogP contribution in [-0.4, -0.2) is 17.0 Å². The number of carboxylic acid groups (broad SMARTS) is 1. The summed E-state index contributed by atoms with van der Waals surface area (Å²) in [6.45, 7) is 1.96. The van der Waals surface area contributed by atoms with Crippen molar-refractivity contribution in [2.45, 2.75) is 32.6 Å². The lowest BCUT2D eigenvalue weighted by Crippen LogP contribution is -2.30. The number of rotatable bonds is 3. The van der Waals surface area contributed by atoms with E-state index in [0.717, 1.165) is 25.7 Å². The molecule has 0 atom stereocenters. The summed E-state index contributed by atoms with van der Waals surface area (Å²) in [7, 11) is 0. The van der Waals surface area contributed by atoms with Crippen molar-refractivity contribution in [1.29, 1.82) is 0 Å². The highest BCUT2D eigenvalue weighted by molar-refractivity contribution is 9.10. The Labute approximate surface area is 120 Å². The van der Waals surface area contributed by atoms with Crippen molar-refractivity contribution in [3.63, 3.8) is 0 Å². The van der Waals surface area contributed by atoms with Gasteiger partial charge in [0.1, 0.15) is 0 Å². The molecule has 2 rings (SSSR count). The maximum Gasteiger partial charge on any atom is 0.335 e. The lowest BCUT2D eigenvalue weighted by molar-refractivity contribution is -0.124. The summed E-state index contributed by atoms with van der Waals surface area (Å²) in [6, 6.07) is 4.70. The first-order valence-corrected chi connectivity index (χ1v) is 7.05. The standard InChI is InChI=1S/C14H16BrNO3/c1-14(4-2-3-5-14)13(19)16-11-7-9(12(17)18)6-10(15)8-11/h6-8H,2-5H2,1H3,(H,16,19)(H,17,18). The van der Waals surface area contributed by atoms with Gasteiger partial charge in [-0.15, -0.1) is 0 Å². The molecule has 0 aromatic heterocycles. The van der Waals surface area contributed by atoms with Crippen molar-refractivity contribution in [2.75, 3.05) is 5.32 Å². The second-order valence-electron chi connectivity index (χ2n) is 5.26. The van der Waals surface area contributed by atoms with Crippen LogP contribution in [0.2, 0.25) is 0 Å². The van der Waals surface area contributed by atoms with Gasteiger partial charge in [-0.05, 0) is 31.0 Å². The average molecular weight is 326 g/mol. The molecule has 0 heterocycles. The molecule has 102 valence electrons. The minimum absolute atomic E-state index is 0.0283. The van der Waals surface area contributed by atoms with Crippen molar-refractivity contribution in [3.8, 4) is 0 Å². The molecule has 0 spiro atoms. The van der Waals surface area contributed by atoms with E-state index in [4.69, 9.17) is 5.11 Å². The molecule has 1 fully saturated rings. The van der Waals surface area contributed by atoms with Crippen LogP contribution < -0.4 is 5.32 Å². The van der Waals surface area contributed by atoms with E-state index in [-0.39, 0.29) is 16.9 Å². The largest absolute Gasteiger partial charge is 0.478 e. The number of carboxylic acids is 1. The van der Waals surface area contributed by atoms with Gasteiger partial charge in [-0.25, -0.2) is 4.79 Å². The summed E-state index contributed by atoms with van der Waals surface area (Å²) < 4.78 is 0.638. The molecule has 1 aliphatic rings. The highest BCUT2D eigenvalue weighted by Gasteiger charge is 2.36. The van der Waals surface area contributed by atoms with Crippen LogP contribution >= 0.6 is 15.9 Å². The highest BCUT2D eigenvalue weighted by Crippen LogP contribution is 2.38. The number of nitrogens with one attached hydrogen (secondary N) is 1. The Morgan fingerprint density at radius 3 is 2.47 bits per heavy atom. The van der Waals surface area contributed by atoms with Gasteiger partial charge in [-0.3, -0.25) is 4.79 Å². The number of aromatic carboxylic acids is 1. The van der Waals surface area contributed by atoms with Crippen LogP contribution in [0.15, 0.2) is 22.7 Å². The van der Waals surface area contributed by atoms with Crippen molar-refractivity contribution in [1.82, 2.24) is 0 Å². The fraction of sp³-hybridized carbons (Fsp3) is 0.429. The van der Waals surface area contributed by atoms with Crippen LogP contribution in [0.25, 0.3) is 0 Å². The normalized spacial score (nSPS) is 17.2. The maximum absolute atomic E-state index is 12.3. The van der Waals surface area contributed by atoms with Crippen molar-refractivity contribution in [3.05, 3.63) is 28.2 Å². The first kappa shape index (κ1) is 14.1. The number of hydrogen-bond donors (Lipinski definition) is 2. The fourth-order valence-electron chi connectivity index (χ4n) is 2.45. The van der Waals surface area contributed by atoms with E-state index in [1.807, 2.05) is 6.92 Å². The Morgan fingerprint density at radius 1 is 1.26 bits per heavy atom. The molecule has 2 N–H and O–H groups in total. The third-order valence-electron chi connectivity index (χ3n) is 3.66. The molecule has 19 heavy (non-hydrogen) atoms. The first-order valence-electron chi connectivity index (χ1n) is 6.26. The molecule has 0 saturated heterocycles. The van der Waals surface area contributed by atoms with Gasteiger partial charge in [0.2, 0.25) is 5.91 Å². The molecule has 1 amide bonds. The van der Waals surface area contributed by atoms with E-state index in [9.17, 15) is 9.59 Å². The van der Waals surface area contributed by atoms with Gasteiger partial charge < -0.3 is 10.4 Å². The molecule has 1 aliphatic carbocycles. The van der Waals surface area contributed by atoms with E-state index in [1.54, 1.807) is 6.07 Å². The quantitative estimate of drug-likeness (QED) is 0.891. The number of carbonyl (C=O) groups is 2. The molecular formula is C14H16BrNO3. The lowest BCUT2D eigenvalue weighted by Gasteiger charge is -2.22. The number of carbonyl (C=O) groups excluding carboxylic acids is 1. The topological polar surface area (TPSA) is 66.4 Å². The second-order valence-corrected chi connectivity index (χ2v) is 6.17. The number of hydrogen-bond acceptors (Lipinski definition) is 2. The van der Waals surface area contributed by atoms with E-state index in [0.29, 0.717) is 10.2 Å². The summed E-state index contributed by atoms with van der Waals surface area (Å²) in [5, 5.41) is 11.8. The number of benzene rings is 1. The van der Waals surface area contributed by atoms with Crippen LogP contribution in [0.3, 0.4) is 0 Å². The van der Waals surface area contributed by atoms with Crippen LogP contribution in [-0.2, 0) is 4.79 Å². The Morgan fingerprint density at radius 2 is 1.89 bits per heavy atom. The van der Waals surface area contributed by atoms with Crippen molar-refractivity contribution < 1.29 is 14.7 Å². The second kappa shape index (κ2) is 5.33. The smallest absolute Gasteiger partial charge is 0.335 e. The molecule has 1 saturated carbocycles. The zero-order chi connectivity index (χ0) is 14.0. The predicted octanol–water partition coefficient (Wildman–Crippen LogP) is 3.67. The van der Waals surface area contributed by atoms with Gasteiger partial charge in [0, 0.05) is 15.6 Å². The van der Waals surface area contributed by atoms with Crippen molar-refractivity contribution in [2.24, 2.45) is 5.41 Å². The number of halogens is 1. The van der Waals surface area contributed by atoms with Gasteiger partial charge in [0.15, 0.2) is 0 Å². The lowest BCUT2D eigenvalue weighted by atomic mass is 9.88. The Bertz CT molecular complexity index is 521. The van der Waals surface area contributed by atoms with E-state index < -0.39 is 5.97 Å². The van der Waals surface area contributed by atoms with Gasteiger partial charge >= 0.3 is 5.97 Å². The molecule has 0 radical (unpaired) electrons. The molecule has 1 aromatic carbocycles. The molecule has 0 unspecified atom stereocenters. The van der Waals surface area contributed by atoms with Crippen LogP contribution in [0.4, 0.5) is 5.69 Å². The van der Waals surface area contributed by atoms with E-state index in [1.165, 1.54) is 12.1 Å². The van der Waals surface area contributed by atoms with Gasteiger partial charge in [0.05, 0.1) is 5.56 Å². The predicted molar refractivity (Wildman–Crippen MR) is 76.3 cm³/mol. The minimum atomic E-state index is -1.01. The average Bonchev–Trinajstić information content (AvgIpc) is 2.76. The molecule has 4 nitrogen and oxygen atoms in total. The SMILES string of the molecule is CC1(C(=O)Nc2cc(Br)cc(C(=O)O)c2)CCCC1. The van der Waals surface area contributed by atoms with Gasteiger partial charge in [-0.1, -0.05) is 35.7 Å². The third-order valence-corrected chi connectivity index (χ3v) is 4.12. The first-order chi connectivity index (χ1) is 8.90. The summed E-state index contributed by atoms with van der Waals surface area (Å²) in [4.78, 5) is 23.2. The third kappa shape index (κ3) is 3.15. The summed E-state index contributed by atoms with van der Waals surface area (Å²) >= 11 is 3.25. The molecule has 0 bridgehead atoms. The van der Waals surface area contributed by atoms with E-state index >= 15 is 0 Å². The Balaban J connectivity index is 2.19. The van der Waals surface area contributed by atoms with E-state index in [2.05, 4.69) is 21.2 Å². The molecule has 1 aromatic rings. The zero-order valence-corrected chi connectivity index (χ0v) is 12.3. The van der Waals surface area contributed by atoms with Crippen molar-refractivity contribution >= 4 is 33.5 Å². The fourth-order valence-corrected chi connectivity index (χ4v) is 2.94. The molecular weight excluding hydrogens is 310 g/mol. The van der Waals surface area contributed by atoms with Crippen LogP contribution in [0, 0.1) is 5.41 Å². The number of amides is 1. The molecule has 5 heteroatoms. The Hall–Kier alpha value is -1.36. The monoisotopic (exact) mass is 325 g/mol. The minimum Gasteiger partial charge on any atom is -0.478 e. The highest BCUT2D eigenvalue weighted by atomic mass is 79.9. The van der Waals surface area contributed by atoms with Crippen LogP contribution in [0.5, 0.6) is 0 Å². The Kier molecular flexibility index (Phi) is 3.94. The zero-order valence-electron chi connectivity index (χ0n) is 10.7.